The van der Waals surface area contributed by atoms with E-state index >= 15 is 0 Å². The minimum absolute atomic E-state index is 0.0103. The third-order valence-corrected chi connectivity index (χ3v) is 4.52. The summed E-state index contributed by atoms with van der Waals surface area (Å²) < 4.78 is 5.51. The number of nitrogens with two attached hydrogens (primary N) is 1. The van der Waals surface area contributed by atoms with Crippen LogP contribution in [0.15, 0.2) is 54.6 Å². The molecule has 0 saturated carbocycles. The number of phenolic OH excluding ortho intramolecular Hbond substituents is 1. The fourth-order valence-corrected chi connectivity index (χ4v) is 3.17. The lowest BCUT2D eigenvalue weighted by Gasteiger charge is -2.17. The van der Waals surface area contributed by atoms with Gasteiger partial charge in [0.2, 0.25) is 0 Å². The van der Waals surface area contributed by atoms with Gasteiger partial charge < -0.3 is 20.5 Å². The van der Waals surface area contributed by atoms with Crippen LogP contribution < -0.4 is 10.5 Å². The number of hydrogen-bond donors (Lipinski definition) is 2. The van der Waals surface area contributed by atoms with Crippen LogP contribution >= 0.6 is 0 Å². The second-order valence-electron chi connectivity index (χ2n) is 6.09. The Hall–Kier alpha value is -2.53. The molecular formula is C19H22N2O3. The SMILES string of the molecule is NC[C@@H]1CN(C(=O)COc2ccc(O)cc2)C[C@H]1c1ccccc1. The molecule has 0 bridgehead atoms. The fourth-order valence-electron chi connectivity index (χ4n) is 3.17. The van der Waals surface area contributed by atoms with Crippen LogP contribution in [0.3, 0.4) is 0 Å². The molecule has 24 heavy (non-hydrogen) atoms. The Kier molecular flexibility index (Phi) is 5.01. The quantitative estimate of drug-likeness (QED) is 0.881. The molecule has 5 heteroatoms. The Morgan fingerprint density at radius 2 is 1.83 bits per heavy atom. The molecule has 0 radical (unpaired) electrons. The molecule has 0 aromatic heterocycles. The summed E-state index contributed by atoms with van der Waals surface area (Å²) in [4.78, 5) is 14.3. The minimum Gasteiger partial charge on any atom is -0.508 e. The Morgan fingerprint density at radius 1 is 1.12 bits per heavy atom. The van der Waals surface area contributed by atoms with Crippen LogP contribution in [0.2, 0.25) is 0 Å². The van der Waals surface area contributed by atoms with Gasteiger partial charge in [-0.25, -0.2) is 0 Å². The summed E-state index contributed by atoms with van der Waals surface area (Å²) >= 11 is 0. The lowest BCUT2D eigenvalue weighted by Crippen LogP contribution is -2.33. The van der Waals surface area contributed by atoms with Crippen LogP contribution in [0.25, 0.3) is 0 Å². The van der Waals surface area contributed by atoms with Crippen LogP contribution in [0.1, 0.15) is 11.5 Å². The Labute approximate surface area is 141 Å². The van der Waals surface area contributed by atoms with E-state index in [2.05, 4.69) is 12.1 Å². The van der Waals surface area contributed by atoms with Crippen molar-refractivity contribution in [3.8, 4) is 11.5 Å². The molecule has 0 aliphatic carbocycles. The number of hydrogen-bond acceptors (Lipinski definition) is 4. The molecule has 1 saturated heterocycles. The van der Waals surface area contributed by atoms with Crippen LogP contribution in [-0.2, 0) is 4.79 Å². The van der Waals surface area contributed by atoms with Crippen molar-refractivity contribution in [2.45, 2.75) is 5.92 Å². The molecule has 1 aliphatic heterocycles. The maximum atomic E-state index is 12.4. The molecule has 2 aromatic carbocycles. The average Bonchev–Trinajstić information content (AvgIpc) is 3.06. The van der Waals surface area contributed by atoms with Crippen molar-refractivity contribution < 1.29 is 14.6 Å². The van der Waals surface area contributed by atoms with Crippen molar-refractivity contribution in [1.82, 2.24) is 4.90 Å². The van der Waals surface area contributed by atoms with Gasteiger partial charge in [0.15, 0.2) is 6.61 Å². The van der Waals surface area contributed by atoms with E-state index in [4.69, 9.17) is 10.5 Å². The number of aromatic hydroxyl groups is 1. The number of carbonyl (C=O) groups is 1. The first kappa shape index (κ1) is 16.3. The van der Waals surface area contributed by atoms with E-state index in [0.29, 0.717) is 25.4 Å². The molecule has 126 valence electrons. The van der Waals surface area contributed by atoms with Gasteiger partial charge in [0, 0.05) is 19.0 Å². The summed E-state index contributed by atoms with van der Waals surface area (Å²) in [6, 6.07) is 16.6. The predicted molar refractivity (Wildman–Crippen MR) is 91.9 cm³/mol. The van der Waals surface area contributed by atoms with E-state index in [0.717, 1.165) is 0 Å². The van der Waals surface area contributed by atoms with Crippen molar-refractivity contribution >= 4 is 5.91 Å². The van der Waals surface area contributed by atoms with Crippen molar-refractivity contribution in [3.63, 3.8) is 0 Å². The third-order valence-electron chi connectivity index (χ3n) is 4.52. The molecule has 5 nitrogen and oxygen atoms in total. The van der Waals surface area contributed by atoms with Crippen molar-refractivity contribution in [2.24, 2.45) is 11.7 Å². The number of likely N-dealkylation sites (tertiary alicyclic amines) is 1. The highest BCUT2D eigenvalue weighted by atomic mass is 16.5. The molecule has 2 atom stereocenters. The fraction of sp³-hybridized carbons (Fsp3) is 0.316. The summed E-state index contributed by atoms with van der Waals surface area (Å²) in [5.41, 5.74) is 7.13. The molecule has 1 fully saturated rings. The lowest BCUT2D eigenvalue weighted by molar-refractivity contribution is -0.132. The summed E-state index contributed by atoms with van der Waals surface area (Å²) in [6.07, 6.45) is 0. The largest absolute Gasteiger partial charge is 0.508 e. The highest BCUT2D eigenvalue weighted by Gasteiger charge is 2.35. The molecule has 0 unspecified atom stereocenters. The van der Waals surface area contributed by atoms with Crippen molar-refractivity contribution in [2.75, 3.05) is 26.2 Å². The zero-order valence-corrected chi connectivity index (χ0v) is 13.5. The number of phenols is 1. The number of benzene rings is 2. The zero-order valence-electron chi connectivity index (χ0n) is 13.5. The molecule has 0 spiro atoms. The summed E-state index contributed by atoms with van der Waals surface area (Å²) in [6.45, 7) is 1.88. The van der Waals surface area contributed by atoms with Gasteiger partial charge in [0.25, 0.3) is 5.91 Å². The Balaban J connectivity index is 1.60. The number of carbonyl (C=O) groups excluding carboxylic acids is 1. The monoisotopic (exact) mass is 326 g/mol. The molecule has 3 rings (SSSR count). The molecule has 2 aromatic rings. The number of rotatable bonds is 5. The molecule has 1 amide bonds. The van der Waals surface area contributed by atoms with E-state index in [1.807, 2.05) is 23.1 Å². The van der Waals surface area contributed by atoms with Gasteiger partial charge in [0.05, 0.1) is 0 Å². The van der Waals surface area contributed by atoms with Gasteiger partial charge in [-0.2, -0.15) is 0 Å². The zero-order chi connectivity index (χ0) is 16.9. The van der Waals surface area contributed by atoms with Gasteiger partial charge >= 0.3 is 0 Å². The standard InChI is InChI=1S/C19H22N2O3/c20-10-15-11-21(12-18(15)14-4-2-1-3-5-14)19(23)13-24-17-8-6-16(22)7-9-17/h1-9,15,18,22H,10-13,20H2/t15-,18+/m1/s1. The summed E-state index contributed by atoms with van der Waals surface area (Å²) in [5.74, 6) is 1.24. The molecule has 1 heterocycles. The number of amides is 1. The van der Waals surface area contributed by atoms with Crippen LogP contribution in [0.5, 0.6) is 11.5 Å². The predicted octanol–water partition coefficient (Wildman–Crippen LogP) is 1.97. The highest BCUT2D eigenvalue weighted by Crippen LogP contribution is 2.32. The molecule has 3 N–H and O–H groups in total. The molecule has 1 aliphatic rings. The van der Waals surface area contributed by atoms with Crippen molar-refractivity contribution in [1.29, 1.82) is 0 Å². The van der Waals surface area contributed by atoms with Crippen LogP contribution in [-0.4, -0.2) is 42.2 Å². The first-order chi connectivity index (χ1) is 11.7. The Bertz CT molecular complexity index is 673. The van der Waals surface area contributed by atoms with Gasteiger partial charge in [0.1, 0.15) is 11.5 Å². The number of nitrogens with zero attached hydrogens (tertiary/aromatic N) is 1. The third kappa shape index (κ3) is 3.68. The summed E-state index contributed by atoms with van der Waals surface area (Å²) in [7, 11) is 0. The maximum Gasteiger partial charge on any atom is 0.260 e. The first-order valence-electron chi connectivity index (χ1n) is 8.12. The van der Waals surface area contributed by atoms with Gasteiger partial charge in [-0.3, -0.25) is 4.79 Å². The van der Waals surface area contributed by atoms with Gasteiger partial charge in [-0.15, -0.1) is 0 Å². The number of ether oxygens (including phenoxy) is 1. The highest BCUT2D eigenvalue weighted by molar-refractivity contribution is 5.78. The van der Waals surface area contributed by atoms with Crippen LogP contribution in [0, 0.1) is 5.92 Å². The maximum absolute atomic E-state index is 12.4. The van der Waals surface area contributed by atoms with Gasteiger partial charge in [-0.05, 0) is 42.3 Å². The first-order valence-corrected chi connectivity index (χ1v) is 8.12. The summed E-state index contributed by atoms with van der Waals surface area (Å²) in [5, 5.41) is 9.26. The minimum atomic E-state index is -0.0417. The average molecular weight is 326 g/mol. The van der Waals surface area contributed by atoms with E-state index < -0.39 is 0 Å². The normalized spacial score (nSPS) is 20.1. The second-order valence-corrected chi connectivity index (χ2v) is 6.09. The molecular weight excluding hydrogens is 304 g/mol. The van der Waals surface area contributed by atoms with Crippen molar-refractivity contribution in [3.05, 3.63) is 60.2 Å². The second kappa shape index (κ2) is 7.36. The smallest absolute Gasteiger partial charge is 0.260 e. The van der Waals surface area contributed by atoms with Gasteiger partial charge in [-0.1, -0.05) is 30.3 Å². The lowest BCUT2D eigenvalue weighted by atomic mass is 9.89. The van der Waals surface area contributed by atoms with E-state index in [1.165, 1.54) is 17.7 Å². The Morgan fingerprint density at radius 3 is 2.50 bits per heavy atom. The van der Waals surface area contributed by atoms with Crippen LogP contribution in [0.4, 0.5) is 0 Å². The topological polar surface area (TPSA) is 75.8 Å². The van der Waals surface area contributed by atoms with E-state index in [1.54, 1.807) is 12.1 Å². The van der Waals surface area contributed by atoms with E-state index in [9.17, 15) is 9.90 Å². The van der Waals surface area contributed by atoms with E-state index in [-0.39, 0.29) is 30.1 Å².